The van der Waals surface area contributed by atoms with Gasteiger partial charge in [0.25, 0.3) is 11.5 Å². The van der Waals surface area contributed by atoms with E-state index in [2.05, 4.69) is 15.2 Å². The van der Waals surface area contributed by atoms with E-state index in [1.165, 1.54) is 19.4 Å². The van der Waals surface area contributed by atoms with Crippen molar-refractivity contribution in [3.8, 4) is 0 Å². The zero-order chi connectivity index (χ0) is 21.1. The Morgan fingerprint density at radius 2 is 1.80 bits per heavy atom. The van der Waals surface area contributed by atoms with Gasteiger partial charge in [0.05, 0.1) is 6.10 Å². The molecule has 3 fully saturated rings. The highest BCUT2D eigenvalue weighted by atomic mass is 16.5. The van der Waals surface area contributed by atoms with E-state index in [4.69, 9.17) is 4.74 Å². The molecule has 30 heavy (non-hydrogen) atoms. The van der Waals surface area contributed by atoms with Crippen molar-refractivity contribution in [3.63, 3.8) is 0 Å². The molecule has 10 heteroatoms. The molecule has 10 nitrogen and oxygen atoms in total. The monoisotopic (exact) mass is 419 g/mol. The predicted molar refractivity (Wildman–Crippen MR) is 108 cm³/mol. The molecule has 164 valence electrons. The molecule has 0 radical (unpaired) electrons. The van der Waals surface area contributed by atoms with Crippen LogP contribution < -0.4 is 16.6 Å². The number of nitrogens with zero attached hydrogens (tertiary/aromatic N) is 2. The summed E-state index contributed by atoms with van der Waals surface area (Å²) in [5.74, 6) is 0.828. The number of hydrogen-bond acceptors (Lipinski definition) is 6. The molecular formula is C20H29N5O5. The number of likely N-dealkylation sites (tertiary alicyclic amines) is 1. The van der Waals surface area contributed by atoms with Crippen LogP contribution >= 0.6 is 0 Å². The molecule has 0 aromatic carbocycles. The summed E-state index contributed by atoms with van der Waals surface area (Å²) in [6.45, 7) is 4.78. The summed E-state index contributed by atoms with van der Waals surface area (Å²) in [5.41, 5.74) is -1.48. The highest BCUT2D eigenvalue weighted by Gasteiger charge is 2.31. The molecule has 1 aromatic heterocycles. The molecule has 3 N–H and O–H groups in total. The number of carbonyl (C=O) groups excluding carboxylic acids is 2. The Hall–Kier alpha value is -2.46. The molecule has 2 amide bonds. The summed E-state index contributed by atoms with van der Waals surface area (Å²) in [7, 11) is 0. The fourth-order valence-electron chi connectivity index (χ4n) is 4.20. The third-order valence-corrected chi connectivity index (χ3v) is 6.11. The number of ether oxygens (including phenoxy) is 1. The Kier molecular flexibility index (Phi) is 6.33. The van der Waals surface area contributed by atoms with Crippen LogP contribution in [0.4, 0.5) is 0 Å². The molecule has 3 heterocycles. The SMILES string of the molecule is O=C(NC[C@H]1CN(CC2CCN(CC3CC3)CC2)C(=O)CO1)c1cc(=O)[nH]c(=O)[nH]1. The number of morpholine rings is 1. The Morgan fingerprint density at radius 3 is 2.50 bits per heavy atom. The number of piperidine rings is 1. The molecule has 0 spiro atoms. The van der Waals surface area contributed by atoms with Crippen molar-refractivity contribution in [2.45, 2.75) is 31.8 Å². The van der Waals surface area contributed by atoms with Crippen LogP contribution in [-0.2, 0) is 9.53 Å². The number of H-pyrrole nitrogens is 2. The number of hydrogen-bond donors (Lipinski definition) is 3. The van der Waals surface area contributed by atoms with Crippen molar-refractivity contribution < 1.29 is 14.3 Å². The molecule has 1 saturated carbocycles. The lowest BCUT2D eigenvalue weighted by Gasteiger charge is -2.38. The first kappa shape index (κ1) is 20.8. The quantitative estimate of drug-likeness (QED) is 0.528. The highest BCUT2D eigenvalue weighted by molar-refractivity contribution is 5.92. The van der Waals surface area contributed by atoms with Gasteiger partial charge in [0.2, 0.25) is 5.91 Å². The van der Waals surface area contributed by atoms with Crippen molar-refractivity contribution in [2.75, 3.05) is 45.9 Å². The van der Waals surface area contributed by atoms with E-state index in [0.29, 0.717) is 12.5 Å². The van der Waals surface area contributed by atoms with Crippen molar-refractivity contribution in [1.29, 1.82) is 0 Å². The van der Waals surface area contributed by atoms with Crippen LogP contribution in [0, 0.1) is 11.8 Å². The van der Waals surface area contributed by atoms with Gasteiger partial charge < -0.3 is 24.8 Å². The second kappa shape index (κ2) is 9.13. The average Bonchev–Trinajstić information content (AvgIpc) is 3.53. The summed E-state index contributed by atoms with van der Waals surface area (Å²) < 4.78 is 5.56. The standard InChI is InChI=1S/C20H29N5O5/c26-17-7-16(22-20(29)23-17)19(28)21-8-15-11-25(18(27)12-30-15)10-14-3-5-24(6-4-14)9-13-1-2-13/h7,13-15H,1-6,8-12H2,(H,21,28)(H2,22,23,26,29)/t15-/m0/s1. The Labute approximate surface area is 174 Å². The predicted octanol–water partition coefficient (Wildman–Crippen LogP) is -0.858. The van der Waals surface area contributed by atoms with E-state index < -0.39 is 17.2 Å². The fraction of sp³-hybridized carbons (Fsp3) is 0.700. The van der Waals surface area contributed by atoms with Crippen LogP contribution in [0.5, 0.6) is 0 Å². The van der Waals surface area contributed by atoms with Gasteiger partial charge in [-0.2, -0.15) is 0 Å². The molecule has 3 aliphatic rings. The van der Waals surface area contributed by atoms with E-state index in [0.717, 1.165) is 44.5 Å². The molecule has 2 aliphatic heterocycles. The van der Waals surface area contributed by atoms with Gasteiger partial charge in [-0.1, -0.05) is 0 Å². The van der Waals surface area contributed by atoms with Crippen molar-refractivity contribution in [1.82, 2.24) is 25.1 Å². The molecular weight excluding hydrogens is 390 g/mol. The van der Waals surface area contributed by atoms with Gasteiger partial charge >= 0.3 is 5.69 Å². The Balaban J connectivity index is 1.24. The maximum absolute atomic E-state index is 12.3. The van der Waals surface area contributed by atoms with E-state index in [1.54, 1.807) is 0 Å². The molecule has 0 bridgehead atoms. The molecule has 0 unspecified atom stereocenters. The molecule has 2 saturated heterocycles. The number of aromatic amines is 2. The first-order valence-corrected chi connectivity index (χ1v) is 10.7. The van der Waals surface area contributed by atoms with Gasteiger partial charge in [0, 0.05) is 32.2 Å². The topological polar surface area (TPSA) is 128 Å². The third kappa shape index (κ3) is 5.57. The van der Waals surface area contributed by atoms with Crippen LogP contribution in [0.25, 0.3) is 0 Å². The van der Waals surface area contributed by atoms with Gasteiger partial charge in [0.15, 0.2) is 0 Å². The lowest BCUT2D eigenvalue weighted by Crippen LogP contribution is -2.52. The van der Waals surface area contributed by atoms with Crippen LogP contribution in [0.3, 0.4) is 0 Å². The third-order valence-electron chi connectivity index (χ3n) is 6.11. The number of nitrogens with one attached hydrogen (secondary N) is 3. The number of carbonyl (C=O) groups is 2. The maximum Gasteiger partial charge on any atom is 0.326 e. The summed E-state index contributed by atoms with van der Waals surface area (Å²) >= 11 is 0. The lowest BCUT2D eigenvalue weighted by atomic mass is 9.95. The van der Waals surface area contributed by atoms with Gasteiger partial charge in [-0.3, -0.25) is 19.4 Å². The van der Waals surface area contributed by atoms with Crippen molar-refractivity contribution in [3.05, 3.63) is 32.6 Å². The normalized spacial score (nSPS) is 23.5. The van der Waals surface area contributed by atoms with Crippen molar-refractivity contribution in [2.24, 2.45) is 11.8 Å². The van der Waals surface area contributed by atoms with E-state index in [1.807, 2.05) is 9.88 Å². The van der Waals surface area contributed by atoms with E-state index in [-0.39, 0.29) is 30.9 Å². The second-order valence-corrected chi connectivity index (χ2v) is 8.63. The van der Waals surface area contributed by atoms with Gasteiger partial charge in [0.1, 0.15) is 12.3 Å². The summed E-state index contributed by atoms with van der Waals surface area (Å²) in [4.78, 5) is 55.8. The minimum Gasteiger partial charge on any atom is -0.365 e. The maximum atomic E-state index is 12.3. The van der Waals surface area contributed by atoms with Crippen LogP contribution in [0.1, 0.15) is 36.2 Å². The average molecular weight is 419 g/mol. The summed E-state index contributed by atoms with van der Waals surface area (Å²) in [6, 6.07) is 1.03. The van der Waals surface area contributed by atoms with Crippen LogP contribution in [-0.4, -0.2) is 83.6 Å². The zero-order valence-electron chi connectivity index (χ0n) is 17.0. The van der Waals surface area contributed by atoms with Gasteiger partial charge in [-0.15, -0.1) is 0 Å². The first-order valence-electron chi connectivity index (χ1n) is 10.7. The van der Waals surface area contributed by atoms with E-state index in [9.17, 15) is 19.2 Å². The number of rotatable bonds is 7. The zero-order valence-corrected chi connectivity index (χ0v) is 17.0. The van der Waals surface area contributed by atoms with Gasteiger partial charge in [-0.25, -0.2) is 4.79 Å². The Morgan fingerprint density at radius 1 is 1.07 bits per heavy atom. The smallest absolute Gasteiger partial charge is 0.326 e. The molecule has 1 aromatic rings. The first-order chi connectivity index (χ1) is 14.5. The van der Waals surface area contributed by atoms with Crippen molar-refractivity contribution >= 4 is 11.8 Å². The largest absolute Gasteiger partial charge is 0.365 e. The van der Waals surface area contributed by atoms with E-state index >= 15 is 0 Å². The summed E-state index contributed by atoms with van der Waals surface area (Å²) in [5, 5.41) is 2.66. The fourth-order valence-corrected chi connectivity index (χ4v) is 4.20. The molecule has 1 atom stereocenters. The minimum absolute atomic E-state index is 0.00288. The summed E-state index contributed by atoms with van der Waals surface area (Å²) in [6.07, 6.45) is 4.63. The molecule has 4 rings (SSSR count). The van der Waals surface area contributed by atoms with Gasteiger partial charge in [-0.05, 0) is 50.6 Å². The Bertz CT molecular complexity index is 856. The number of amides is 2. The second-order valence-electron chi connectivity index (χ2n) is 8.63. The van der Waals surface area contributed by atoms with Crippen LogP contribution in [0.15, 0.2) is 15.7 Å². The minimum atomic E-state index is -0.735. The lowest BCUT2D eigenvalue weighted by molar-refractivity contribution is -0.149. The highest BCUT2D eigenvalue weighted by Crippen LogP contribution is 2.31. The molecule has 1 aliphatic carbocycles. The number of aromatic nitrogens is 2. The van der Waals surface area contributed by atoms with Crippen LogP contribution in [0.2, 0.25) is 0 Å².